The smallest absolute Gasteiger partial charge is 0.227 e. The zero-order valence-corrected chi connectivity index (χ0v) is 17.5. The molecule has 0 aromatic heterocycles. The van der Waals surface area contributed by atoms with Gasteiger partial charge >= 0.3 is 0 Å². The van der Waals surface area contributed by atoms with Gasteiger partial charge in [-0.25, -0.2) is 0 Å². The minimum absolute atomic E-state index is 0.0401. The Balaban J connectivity index is 1.44. The Labute approximate surface area is 174 Å². The number of hydrogen-bond acceptors (Lipinski definition) is 2. The van der Waals surface area contributed by atoms with Crippen LogP contribution in [0.4, 0.5) is 5.69 Å². The van der Waals surface area contributed by atoms with E-state index < -0.39 is 0 Å². The molecular formula is C25H32N2O2. The third-order valence-electron chi connectivity index (χ3n) is 5.70. The van der Waals surface area contributed by atoms with E-state index in [-0.39, 0.29) is 17.7 Å². The van der Waals surface area contributed by atoms with Crippen molar-refractivity contribution in [3.05, 3.63) is 65.2 Å². The quantitative estimate of drug-likeness (QED) is 0.650. The summed E-state index contributed by atoms with van der Waals surface area (Å²) in [6, 6.07) is 16.2. The van der Waals surface area contributed by atoms with Gasteiger partial charge in [0.2, 0.25) is 11.8 Å². The van der Waals surface area contributed by atoms with E-state index in [1.807, 2.05) is 24.3 Å². The fourth-order valence-electron chi connectivity index (χ4n) is 3.81. The maximum Gasteiger partial charge on any atom is 0.227 e. The van der Waals surface area contributed by atoms with E-state index in [4.69, 9.17) is 0 Å². The number of anilines is 1. The van der Waals surface area contributed by atoms with Crippen LogP contribution in [0.5, 0.6) is 0 Å². The molecule has 4 nitrogen and oxygen atoms in total. The lowest BCUT2D eigenvalue weighted by Gasteiger charge is -2.12. The fraction of sp³-hybridized carbons (Fsp3) is 0.440. The van der Waals surface area contributed by atoms with Gasteiger partial charge in [-0.1, -0.05) is 63.1 Å². The summed E-state index contributed by atoms with van der Waals surface area (Å²) < 4.78 is 0. The van der Waals surface area contributed by atoms with Crippen molar-refractivity contribution in [2.45, 2.75) is 64.8 Å². The van der Waals surface area contributed by atoms with Crippen LogP contribution < -0.4 is 10.6 Å². The van der Waals surface area contributed by atoms with Crippen LogP contribution in [0.15, 0.2) is 48.5 Å². The van der Waals surface area contributed by atoms with Crippen molar-refractivity contribution < 1.29 is 9.59 Å². The van der Waals surface area contributed by atoms with E-state index in [0.717, 1.165) is 43.4 Å². The van der Waals surface area contributed by atoms with E-state index >= 15 is 0 Å². The Hall–Kier alpha value is -2.62. The topological polar surface area (TPSA) is 58.2 Å². The SMILES string of the molecule is CC(C)c1ccc(CCC(=O)NCc2cccc(NC(=O)C3CCCC3)c2)cc1. The highest BCUT2D eigenvalue weighted by molar-refractivity contribution is 5.92. The largest absolute Gasteiger partial charge is 0.352 e. The van der Waals surface area contributed by atoms with E-state index in [1.54, 1.807) is 0 Å². The van der Waals surface area contributed by atoms with Crippen LogP contribution in [0.25, 0.3) is 0 Å². The number of hydrogen-bond donors (Lipinski definition) is 2. The van der Waals surface area contributed by atoms with Crippen molar-refractivity contribution in [2.75, 3.05) is 5.32 Å². The molecule has 2 amide bonds. The second kappa shape index (κ2) is 10.2. The van der Waals surface area contributed by atoms with Gasteiger partial charge in [-0.2, -0.15) is 0 Å². The number of carbonyl (C=O) groups is 2. The monoisotopic (exact) mass is 392 g/mol. The van der Waals surface area contributed by atoms with Crippen LogP contribution in [0.1, 0.15) is 68.6 Å². The van der Waals surface area contributed by atoms with Crippen molar-refractivity contribution >= 4 is 17.5 Å². The Kier molecular flexibility index (Phi) is 7.45. The Morgan fingerprint density at radius 1 is 1.00 bits per heavy atom. The number of nitrogens with one attached hydrogen (secondary N) is 2. The van der Waals surface area contributed by atoms with Gasteiger partial charge in [0.05, 0.1) is 0 Å². The van der Waals surface area contributed by atoms with Crippen molar-refractivity contribution in [2.24, 2.45) is 5.92 Å². The van der Waals surface area contributed by atoms with E-state index in [0.29, 0.717) is 18.9 Å². The summed E-state index contributed by atoms with van der Waals surface area (Å²) in [4.78, 5) is 24.5. The summed E-state index contributed by atoms with van der Waals surface area (Å²) in [5.41, 5.74) is 4.29. The summed E-state index contributed by atoms with van der Waals surface area (Å²) in [5.74, 6) is 0.824. The molecule has 29 heavy (non-hydrogen) atoms. The highest BCUT2D eigenvalue weighted by atomic mass is 16.2. The normalized spacial score (nSPS) is 14.2. The fourth-order valence-corrected chi connectivity index (χ4v) is 3.81. The van der Waals surface area contributed by atoms with Gasteiger partial charge in [0.15, 0.2) is 0 Å². The van der Waals surface area contributed by atoms with Crippen molar-refractivity contribution in [3.63, 3.8) is 0 Å². The third-order valence-corrected chi connectivity index (χ3v) is 5.70. The van der Waals surface area contributed by atoms with E-state index in [1.165, 1.54) is 11.1 Å². The number of aryl methyl sites for hydroxylation is 1. The predicted octanol–water partition coefficient (Wildman–Crippen LogP) is 5.19. The lowest BCUT2D eigenvalue weighted by Crippen LogP contribution is -2.23. The number of amides is 2. The average Bonchev–Trinajstić information content (AvgIpc) is 3.26. The zero-order valence-electron chi connectivity index (χ0n) is 17.5. The molecule has 4 heteroatoms. The molecule has 0 bridgehead atoms. The molecule has 2 aromatic carbocycles. The summed E-state index contributed by atoms with van der Waals surface area (Å²) >= 11 is 0. The molecular weight excluding hydrogens is 360 g/mol. The zero-order chi connectivity index (χ0) is 20.6. The molecule has 0 aliphatic heterocycles. The summed E-state index contributed by atoms with van der Waals surface area (Å²) in [5, 5.41) is 6.00. The van der Waals surface area contributed by atoms with Crippen molar-refractivity contribution in [3.8, 4) is 0 Å². The molecule has 1 fully saturated rings. The van der Waals surface area contributed by atoms with Crippen molar-refractivity contribution in [1.82, 2.24) is 5.32 Å². The molecule has 2 aromatic rings. The lowest BCUT2D eigenvalue weighted by atomic mass is 10.0. The standard InChI is InChI=1S/C25H32N2O2/c1-18(2)21-13-10-19(11-14-21)12-15-24(28)26-17-20-6-5-9-23(16-20)27-25(29)22-7-3-4-8-22/h5-6,9-11,13-14,16,18,22H,3-4,7-8,12,15,17H2,1-2H3,(H,26,28)(H,27,29). The molecule has 0 saturated heterocycles. The maximum absolute atomic E-state index is 12.3. The minimum atomic E-state index is 0.0401. The molecule has 0 spiro atoms. The highest BCUT2D eigenvalue weighted by Crippen LogP contribution is 2.26. The molecule has 0 unspecified atom stereocenters. The van der Waals surface area contributed by atoms with Crippen LogP contribution in [0, 0.1) is 5.92 Å². The van der Waals surface area contributed by atoms with Gasteiger partial charge in [0, 0.05) is 24.6 Å². The van der Waals surface area contributed by atoms with Gasteiger partial charge in [-0.15, -0.1) is 0 Å². The minimum Gasteiger partial charge on any atom is -0.352 e. The summed E-state index contributed by atoms with van der Waals surface area (Å²) in [6.45, 7) is 4.83. The van der Waals surface area contributed by atoms with Crippen LogP contribution >= 0.6 is 0 Å². The number of rotatable bonds is 8. The average molecular weight is 393 g/mol. The molecule has 1 aliphatic carbocycles. The first kappa shape index (κ1) is 21.1. The Morgan fingerprint density at radius 3 is 2.41 bits per heavy atom. The molecule has 0 atom stereocenters. The molecule has 1 saturated carbocycles. The molecule has 154 valence electrons. The predicted molar refractivity (Wildman–Crippen MR) is 118 cm³/mol. The van der Waals surface area contributed by atoms with Crippen LogP contribution in [-0.2, 0) is 22.6 Å². The van der Waals surface area contributed by atoms with Crippen LogP contribution in [0.3, 0.4) is 0 Å². The van der Waals surface area contributed by atoms with Gasteiger partial charge in [0.1, 0.15) is 0 Å². The lowest BCUT2D eigenvalue weighted by molar-refractivity contribution is -0.121. The van der Waals surface area contributed by atoms with Gasteiger partial charge in [-0.3, -0.25) is 9.59 Å². The molecule has 2 N–H and O–H groups in total. The van der Waals surface area contributed by atoms with Crippen LogP contribution in [-0.4, -0.2) is 11.8 Å². The van der Waals surface area contributed by atoms with Gasteiger partial charge in [-0.05, 0) is 54.0 Å². The van der Waals surface area contributed by atoms with E-state index in [9.17, 15) is 9.59 Å². The molecule has 1 aliphatic rings. The van der Waals surface area contributed by atoms with Crippen molar-refractivity contribution in [1.29, 1.82) is 0 Å². The molecule has 0 radical (unpaired) electrons. The van der Waals surface area contributed by atoms with Gasteiger partial charge < -0.3 is 10.6 Å². The number of benzene rings is 2. The number of carbonyl (C=O) groups excluding carboxylic acids is 2. The first-order valence-electron chi connectivity index (χ1n) is 10.8. The maximum atomic E-state index is 12.3. The molecule has 0 heterocycles. The Morgan fingerprint density at radius 2 is 1.72 bits per heavy atom. The summed E-state index contributed by atoms with van der Waals surface area (Å²) in [6.07, 6.45) is 5.47. The second-order valence-electron chi connectivity index (χ2n) is 8.34. The highest BCUT2D eigenvalue weighted by Gasteiger charge is 2.22. The van der Waals surface area contributed by atoms with Gasteiger partial charge in [0.25, 0.3) is 0 Å². The summed E-state index contributed by atoms with van der Waals surface area (Å²) in [7, 11) is 0. The van der Waals surface area contributed by atoms with Crippen LogP contribution in [0.2, 0.25) is 0 Å². The first-order chi connectivity index (χ1) is 14.0. The second-order valence-corrected chi connectivity index (χ2v) is 8.34. The first-order valence-corrected chi connectivity index (χ1v) is 10.8. The Bertz CT molecular complexity index is 821. The van der Waals surface area contributed by atoms with E-state index in [2.05, 4.69) is 48.7 Å². The molecule has 3 rings (SSSR count). The third kappa shape index (κ3) is 6.45.